The fraction of sp³-hybridized carbons (Fsp3) is 0.434. The molecule has 0 atom stereocenters. The summed E-state index contributed by atoms with van der Waals surface area (Å²) in [4.78, 5) is 131. The third kappa shape index (κ3) is 39.1. The van der Waals surface area contributed by atoms with Crippen LogP contribution in [0.15, 0.2) is 146 Å². The first-order valence-electron chi connectivity index (χ1n) is 34.6. The summed E-state index contributed by atoms with van der Waals surface area (Å²) in [6.07, 6.45) is 11.7. The number of hydrogen-bond donors (Lipinski definition) is 7. The van der Waals surface area contributed by atoms with Crippen LogP contribution in [-0.2, 0) is 90.9 Å². The Morgan fingerprint density at radius 2 is 0.873 bits per heavy atom. The lowest BCUT2D eigenvalue weighted by atomic mass is 10.1. The van der Waals surface area contributed by atoms with Crippen LogP contribution in [-0.4, -0.2) is 176 Å². The number of nitrogens with one attached hydrogen (secondary N) is 4. The maximum Gasteiger partial charge on any atom is 0.337 e. The van der Waals surface area contributed by atoms with Crippen LogP contribution in [0.4, 0.5) is 17.1 Å². The number of anilines is 3. The number of hydrogen-bond acceptors (Lipinski definition) is 18. The molecule has 4 aliphatic rings. The number of carbonyl (C=O) groups excluding carboxylic acids is 10. The molecule has 102 heavy (non-hydrogen) atoms. The van der Waals surface area contributed by atoms with Crippen LogP contribution in [0.2, 0.25) is 0 Å². The SMILES string of the molecule is C1CCOC1.C=C1CCN1C(=O)Cc1ccc(NC(=O)COCC(=O)NCCCCC)cc1.CC.CC.CCCCCN.O=C(COCC(=O)Oc1ccccc1)Nc1ccc(CC(=O)N2CCC2=O)cc1.O=C(O)COCC(=O)Nc1ccc(CC(=O)N2CCC2=O)cc1.Oc1ccccc1. The summed E-state index contributed by atoms with van der Waals surface area (Å²) < 4.78 is 24.9. The van der Waals surface area contributed by atoms with E-state index in [4.69, 9.17) is 34.9 Å². The maximum atomic E-state index is 12.1. The fourth-order valence-electron chi connectivity index (χ4n) is 8.69. The summed E-state index contributed by atoms with van der Waals surface area (Å²) in [5.74, 6) is -3.19. The Hall–Kier alpha value is -9.99. The second kappa shape index (κ2) is 53.9. The van der Waals surface area contributed by atoms with Crippen LogP contribution in [0.3, 0.4) is 0 Å². The van der Waals surface area contributed by atoms with E-state index in [1.165, 1.54) is 41.9 Å². The van der Waals surface area contributed by atoms with Gasteiger partial charge in [-0.05, 0) is 110 Å². The van der Waals surface area contributed by atoms with Crippen LogP contribution >= 0.6 is 0 Å². The number of β-lactam (4-membered cyclic amide) rings is 2. The highest BCUT2D eigenvalue weighted by Crippen LogP contribution is 2.22. The zero-order valence-electron chi connectivity index (χ0n) is 59.8. The Labute approximate surface area is 599 Å². The molecule has 0 aliphatic carbocycles. The first-order valence-corrected chi connectivity index (χ1v) is 34.6. The standard InChI is InChI=1S/C21H29N3O4.C21H20N2O6.C15H16N2O6.C6H6O.C5H13N.C4H8O.2C2H6/c1-3-4-5-11-22-19(25)14-28-15-20(26)23-18-8-6-17(7-9-18)13-21(27)24-12-10-16(24)2;24-18(13-28-14-21(27)29-17-4-2-1-3-5-17)22-16-8-6-15(7-9-16)12-20(26)23-11-10-19(23)25;18-12(8-23-9-15(21)22)16-11-3-1-10(2-4-11)7-14(20)17-6-5-13(17)19;7-6-4-2-1-3-5-6;1-2-3-4-5-6;1-2-4-5-3-1;2*1-2/h6-9H,2-5,10-15H2,1H3,(H,22,25)(H,23,26);1-9H,10-14H2,(H,22,24);1-4H,5-9H2,(H,16,18)(H,21,22);1-5,7H;2-6H2,1H3;1-4H2;2*1-2H3. The molecule has 0 saturated carbocycles. The molecule has 8 N–H and O–H groups in total. The lowest BCUT2D eigenvalue weighted by molar-refractivity contribution is -0.153. The number of para-hydroxylation sites is 2. The minimum Gasteiger partial charge on any atom is -0.508 e. The number of likely N-dealkylation sites (tertiary alicyclic amines) is 3. The molecule has 26 nitrogen and oxygen atoms in total. The third-order valence-electron chi connectivity index (χ3n) is 14.2. The third-order valence-corrected chi connectivity index (χ3v) is 14.2. The van der Waals surface area contributed by atoms with E-state index in [2.05, 4.69) is 46.4 Å². The van der Waals surface area contributed by atoms with Crippen molar-refractivity contribution in [3.8, 4) is 11.5 Å². The number of amides is 9. The first-order chi connectivity index (χ1) is 49.3. The van der Waals surface area contributed by atoms with E-state index < -0.39 is 30.4 Å². The Bertz CT molecular complexity index is 3300. The molecule has 0 spiro atoms. The molecule has 4 saturated heterocycles. The topological polar surface area (TPSA) is 358 Å². The van der Waals surface area contributed by atoms with Gasteiger partial charge in [-0.3, -0.25) is 53.0 Å². The second-order valence-electron chi connectivity index (χ2n) is 22.4. The average molecular weight is 1420 g/mol. The zero-order chi connectivity index (χ0) is 75.3. The summed E-state index contributed by atoms with van der Waals surface area (Å²) in [6, 6.07) is 37.7. The molecular formula is C76H104N8O18. The molecule has 556 valence electrons. The van der Waals surface area contributed by atoms with E-state index >= 15 is 0 Å². The number of ether oxygens (including phenoxy) is 5. The van der Waals surface area contributed by atoms with Crippen LogP contribution in [0.1, 0.15) is 129 Å². The van der Waals surface area contributed by atoms with E-state index in [1.807, 2.05) is 33.8 Å². The van der Waals surface area contributed by atoms with Crippen molar-refractivity contribution in [2.45, 2.75) is 131 Å². The van der Waals surface area contributed by atoms with Crippen molar-refractivity contribution < 1.29 is 86.6 Å². The number of esters is 1. The van der Waals surface area contributed by atoms with Gasteiger partial charge < -0.3 is 65.8 Å². The number of carboxylic acid groups (broad SMARTS) is 1. The number of aromatic hydroxyl groups is 1. The number of aliphatic carboxylic acids is 1. The number of phenols is 1. The number of carbonyl (C=O) groups is 11. The predicted molar refractivity (Wildman–Crippen MR) is 389 cm³/mol. The molecule has 4 heterocycles. The quantitative estimate of drug-likeness (QED) is 0.0101. The van der Waals surface area contributed by atoms with Gasteiger partial charge in [-0.25, -0.2) is 9.59 Å². The Kier molecular flexibility index (Phi) is 46.5. The number of nitrogens with zero attached hydrogens (tertiary/aromatic N) is 3. The molecule has 26 heteroatoms. The van der Waals surface area contributed by atoms with Gasteiger partial charge in [0.05, 0.1) is 19.3 Å². The number of imide groups is 2. The van der Waals surface area contributed by atoms with Gasteiger partial charge in [0.2, 0.25) is 53.2 Å². The number of benzene rings is 5. The lowest BCUT2D eigenvalue weighted by Crippen LogP contribution is -2.48. The molecule has 4 fully saturated rings. The Morgan fingerprint density at radius 3 is 1.19 bits per heavy atom. The number of nitrogens with two attached hydrogens (primary N) is 1. The smallest absolute Gasteiger partial charge is 0.337 e. The molecule has 0 unspecified atom stereocenters. The molecule has 0 aromatic heterocycles. The summed E-state index contributed by atoms with van der Waals surface area (Å²) >= 11 is 0. The first kappa shape index (κ1) is 88.1. The normalized spacial score (nSPS) is 12.7. The van der Waals surface area contributed by atoms with Crippen LogP contribution in [0.25, 0.3) is 0 Å². The van der Waals surface area contributed by atoms with Crippen molar-refractivity contribution >= 4 is 82.2 Å². The van der Waals surface area contributed by atoms with Crippen molar-refractivity contribution in [2.24, 2.45) is 5.73 Å². The molecule has 9 rings (SSSR count). The van der Waals surface area contributed by atoms with Gasteiger partial charge in [0, 0.05) is 81.4 Å². The average Bonchev–Trinajstić information content (AvgIpc) is 0.894. The van der Waals surface area contributed by atoms with Gasteiger partial charge in [0.25, 0.3) is 0 Å². The molecule has 5 aromatic carbocycles. The van der Waals surface area contributed by atoms with E-state index in [-0.39, 0.29) is 87.2 Å². The summed E-state index contributed by atoms with van der Waals surface area (Å²) in [5, 5.41) is 27.6. The highest BCUT2D eigenvalue weighted by atomic mass is 16.6. The second-order valence-corrected chi connectivity index (χ2v) is 22.4. The van der Waals surface area contributed by atoms with Gasteiger partial charge in [-0.1, -0.05) is 147 Å². The molecule has 0 bridgehead atoms. The van der Waals surface area contributed by atoms with Crippen LogP contribution < -0.4 is 31.7 Å². The van der Waals surface area contributed by atoms with Gasteiger partial charge in [0.1, 0.15) is 51.1 Å². The number of unbranched alkanes of at least 4 members (excludes halogenated alkanes) is 4. The summed E-state index contributed by atoms with van der Waals surface area (Å²) in [5.41, 5.74) is 10.1. The summed E-state index contributed by atoms with van der Waals surface area (Å²) in [6.45, 7) is 19.4. The van der Waals surface area contributed by atoms with Gasteiger partial charge in [-0.15, -0.1) is 0 Å². The highest BCUT2D eigenvalue weighted by molar-refractivity contribution is 6.01. The predicted octanol–water partition coefficient (Wildman–Crippen LogP) is 9.19. The van der Waals surface area contributed by atoms with E-state index in [1.54, 1.807) is 132 Å². The minimum absolute atomic E-state index is 0.0365. The van der Waals surface area contributed by atoms with Crippen molar-refractivity contribution in [1.29, 1.82) is 0 Å². The number of phenolic OH excluding ortho intramolecular Hbond substituents is 1. The van der Waals surface area contributed by atoms with Crippen molar-refractivity contribution in [1.82, 2.24) is 20.0 Å². The molecule has 4 aliphatic heterocycles. The van der Waals surface area contributed by atoms with Crippen LogP contribution in [0.5, 0.6) is 11.5 Å². The van der Waals surface area contributed by atoms with Gasteiger partial charge in [-0.2, -0.15) is 0 Å². The van der Waals surface area contributed by atoms with Gasteiger partial charge >= 0.3 is 11.9 Å². The molecule has 5 aromatic rings. The molecular weight excluding hydrogens is 1310 g/mol. The zero-order valence-corrected chi connectivity index (χ0v) is 59.8. The Morgan fingerprint density at radius 1 is 0.490 bits per heavy atom. The van der Waals surface area contributed by atoms with Crippen molar-refractivity contribution in [2.75, 3.05) is 102 Å². The maximum absolute atomic E-state index is 12.1. The van der Waals surface area contributed by atoms with E-state index in [9.17, 15) is 52.7 Å². The van der Waals surface area contributed by atoms with E-state index in [0.29, 0.717) is 67.5 Å². The summed E-state index contributed by atoms with van der Waals surface area (Å²) in [7, 11) is 0. The molecule has 0 radical (unpaired) electrons. The van der Waals surface area contributed by atoms with E-state index in [0.717, 1.165) is 74.4 Å². The largest absolute Gasteiger partial charge is 0.508 e. The number of carboxylic acids is 1. The van der Waals surface area contributed by atoms with Crippen LogP contribution in [0, 0.1) is 0 Å². The monoisotopic (exact) mass is 1420 g/mol. The van der Waals surface area contributed by atoms with Crippen molar-refractivity contribution in [3.63, 3.8) is 0 Å². The fourth-order valence-corrected chi connectivity index (χ4v) is 8.69. The van der Waals surface area contributed by atoms with Crippen molar-refractivity contribution in [3.05, 3.63) is 162 Å². The lowest BCUT2D eigenvalue weighted by Gasteiger charge is -2.33. The molecule has 9 amide bonds. The Balaban J connectivity index is 0.000000452. The minimum atomic E-state index is -1.15. The highest BCUT2D eigenvalue weighted by Gasteiger charge is 2.31. The number of rotatable bonds is 29. The van der Waals surface area contributed by atoms with Gasteiger partial charge in [0.15, 0.2) is 0 Å².